The third kappa shape index (κ3) is 3.49. The van der Waals surface area contributed by atoms with Gasteiger partial charge in [0.25, 0.3) is 0 Å². The molecule has 32 heavy (non-hydrogen) atoms. The molecule has 164 valence electrons. The van der Waals surface area contributed by atoms with Gasteiger partial charge >= 0.3 is 11.9 Å². The van der Waals surface area contributed by atoms with Gasteiger partial charge in [0.2, 0.25) is 0 Å². The minimum absolute atomic E-state index is 0.0604. The van der Waals surface area contributed by atoms with Crippen molar-refractivity contribution in [2.75, 3.05) is 19.1 Å². The lowest BCUT2D eigenvalue weighted by molar-refractivity contribution is -0.139. The van der Waals surface area contributed by atoms with Crippen molar-refractivity contribution in [2.45, 2.75) is 19.0 Å². The van der Waals surface area contributed by atoms with Crippen molar-refractivity contribution >= 4 is 52.7 Å². The number of rotatable bonds is 4. The number of carbonyl (C=O) groups excluding carboxylic acids is 3. The molecular weight excluding hydrogens is 453 g/mol. The van der Waals surface area contributed by atoms with Crippen LogP contribution in [-0.4, -0.2) is 44.0 Å². The fourth-order valence-corrected chi connectivity index (χ4v) is 4.73. The molecule has 0 unspecified atom stereocenters. The molecule has 0 aliphatic carbocycles. The van der Waals surface area contributed by atoms with Gasteiger partial charge in [-0.05, 0) is 42.8 Å². The second kappa shape index (κ2) is 8.45. The fraction of sp³-hybridized carbons (Fsp3) is 0.208. The minimum Gasteiger partial charge on any atom is -0.466 e. The Morgan fingerprint density at radius 1 is 0.938 bits per heavy atom. The second-order valence-electron chi connectivity index (χ2n) is 7.47. The quantitative estimate of drug-likeness (QED) is 0.485. The Balaban J connectivity index is 1.97. The molecule has 2 aromatic carbocycles. The molecule has 0 radical (unpaired) electrons. The molecule has 0 saturated carbocycles. The molecule has 0 N–H and O–H groups in total. The van der Waals surface area contributed by atoms with Gasteiger partial charge in [-0.1, -0.05) is 47.0 Å². The van der Waals surface area contributed by atoms with E-state index in [4.69, 9.17) is 32.7 Å². The zero-order valence-corrected chi connectivity index (χ0v) is 19.0. The highest BCUT2D eigenvalue weighted by Crippen LogP contribution is 2.43. The number of esters is 2. The maximum atomic E-state index is 13.8. The predicted molar refractivity (Wildman–Crippen MR) is 122 cm³/mol. The van der Waals surface area contributed by atoms with Gasteiger partial charge in [-0.2, -0.15) is 0 Å². The van der Waals surface area contributed by atoms with Crippen LogP contribution in [0.2, 0.25) is 10.0 Å². The van der Waals surface area contributed by atoms with Crippen LogP contribution < -0.4 is 4.90 Å². The van der Waals surface area contributed by atoms with Crippen LogP contribution in [0, 0.1) is 6.92 Å². The number of hydrogen-bond donors (Lipinski definition) is 0. The summed E-state index contributed by atoms with van der Waals surface area (Å²) in [7, 11) is 2.43. The molecule has 2 atom stereocenters. The summed E-state index contributed by atoms with van der Waals surface area (Å²) in [5.74, 6) is -1.96. The first-order chi connectivity index (χ1) is 15.3. The van der Waals surface area contributed by atoms with Crippen LogP contribution in [0.1, 0.15) is 21.5 Å². The van der Waals surface area contributed by atoms with Gasteiger partial charge in [-0.25, -0.2) is 9.59 Å². The minimum atomic E-state index is -1.15. The number of benzene rings is 2. The number of fused-ring (bicyclic) bond motifs is 3. The number of ether oxygens (including phenoxy) is 2. The molecule has 2 aliphatic heterocycles. The average molecular weight is 472 g/mol. The van der Waals surface area contributed by atoms with Crippen molar-refractivity contribution in [3.63, 3.8) is 0 Å². The average Bonchev–Trinajstić information content (AvgIpc) is 3.12. The maximum absolute atomic E-state index is 13.8. The maximum Gasteiger partial charge on any atom is 0.336 e. The molecule has 0 bridgehead atoms. The van der Waals surface area contributed by atoms with Crippen LogP contribution in [0.4, 0.5) is 5.69 Å². The standard InChI is InChI=1S/C24H19Cl2NO5/c1-12-4-8-17-13(10-12)5-9-18-19(23(29)31-2)20(24(30)32-3)21(27(17)18)22(28)15-7-6-14(25)11-16(15)26/h4-11,18,21H,1-3H3/t18-,21-/m1/s1. The molecule has 2 heterocycles. The number of Topliss-reactive ketones (excluding diaryl/α,β-unsaturated/α-hetero) is 1. The number of carbonyl (C=O) groups is 3. The predicted octanol–water partition coefficient (Wildman–Crippen LogP) is 4.41. The number of methoxy groups -OCH3 is 2. The lowest BCUT2D eigenvalue weighted by atomic mass is 9.95. The Kier molecular flexibility index (Phi) is 5.84. The molecule has 0 spiro atoms. The van der Waals surface area contributed by atoms with E-state index in [-0.39, 0.29) is 21.7 Å². The second-order valence-corrected chi connectivity index (χ2v) is 8.32. The van der Waals surface area contributed by atoms with E-state index in [0.717, 1.165) is 11.1 Å². The highest BCUT2D eigenvalue weighted by Gasteiger charge is 2.51. The Hall–Kier alpha value is -3.09. The van der Waals surface area contributed by atoms with Gasteiger partial charge in [0.1, 0.15) is 6.04 Å². The Morgan fingerprint density at radius 2 is 1.62 bits per heavy atom. The molecule has 4 rings (SSSR count). The summed E-state index contributed by atoms with van der Waals surface area (Å²) in [5.41, 5.74) is 2.76. The molecule has 0 fully saturated rings. The van der Waals surface area contributed by atoms with Crippen LogP contribution in [0.25, 0.3) is 6.08 Å². The van der Waals surface area contributed by atoms with Crippen molar-refractivity contribution in [3.8, 4) is 0 Å². The van der Waals surface area contributed by atoms with Gasteiger partial charge in [0, 0.05) is 16.3 Å². The van der Waals surface area contributed by atoms with Crippen LogP contribution in [0.5, 0.6) is 0 Å². The summed E-state index contributed by atoms with van der Waals surface area (Å²) in [4.78, 5) is 41.2. The summed E-state index contributed by atoms with van der Waals surface area (Å²) in [6.07, 6.45) is 3.64. The fourth-order valence-electron chi connectivity index (χ4n) is 4.23. The Morgan fingerprint density at radius 3 is 2.28 bits per heavy atom. The molecule has 6 nitrogen and oxygen atoms in total. The number of ketones is 1. The molecule has 0 amide bonds. The summed E-state index contributed by atoms with van der Waals surface area (Å²) in [5, 5.41) is 0.517. The van der Waals surface area contributed by atoms with Gasteiger partial charge in [0.15, 0.2) is 5.78 Å². The van der Waals surface area contributed by atoms with Crippen molar-refractivity contribution in [2.24, 2.45) is 0 Å². The first-order valence-electron chi connectivity index (χ1n) is 9.75. The molecule has 2 aromatic rings. The summed E-state index contributed by atoms with van der Waals surface area (Å²) >= 11 is 12.3. The highest BCUT2D eigenvalue weighted by molar-refractivity contribution is 6.37. The third-order valence-corrected chi connectivity index (χ3v) is 6.16. The van der Waals surface area contributed by atoms with Gasteiger partial charge in [-0.3, -0.25) is 4.79 Å². The van der Waals surface area contributed by atoms with Crippen molar-refractivity contribution in [3.05, 3.63) is 80.4 Å². The number of anilines is 1. The lowest BCUT2D eigenvalue weighted by Gasteiger charge is -2.35. The van der Waals surface area contributed by atoms with E-state index in [1.165, 1.54) is 26.4 Å². The zero-order chi connectivity index (χ0) is 23.2. The van der Waals surface area contributed by atoms with E-state index in [0.29, 0.717) is 10.7 Å². The number of halogens is 2. The normalized spacial score (nSPS) is 18.8. The van der Waals surface area contributed by atoms with Crippen LogP contribution in [0.3, 0.4) is 0 Å². The van der Waals surface area contributed by atoms with Gasteiger partial charge in [0.05, 0.1) is 36.4 Å². The first kappa shape index (κ1) is 22.1. The Bertz CT molecular complexity index is 1220. The largest absolute Gasteiger partial charge is 0.466 e. The van der Waals surface area contributed by atoms with E-state index in [1.54, 1.807) is 17.0 Å². The monoisotopic (exact) mass is 471 g/mol. The topological polar surface area (TPSA) is 72.9 Å². The van der Waals surface area contributed by atoms with Crippen LogP contribution in [-0.2, 0) is 19.1 Å². The SMILES string of the molecule is COC(=O)C1=C(C(=O)OC)[C@H]2C=Cc3cc(C)ccc3N2[C@H]1C(=O)c1ccc(Cl)cc1Cl. The van der Waals surface area contributed by atoms with E-state index < -0.39 is 29.8 Å². The van der Waals surface area contributed by atoms with Crippen molar-refractivity contribution in [1.82, 2.24) is 0 Å². The van der Waals surface area contributed by atoms with E-state index in [1.807, 2.05) is 31.2 Å². The summed E-state index contributed by atoms with van der Waals surface area (Å²) < 4.78 is 9.94. The lowest BCUT2D eigenvalue weighted by Crippen LogP contribution is -2.45. The first-order valence-corrected chi connectivity index (χ1v) is 10.5. The third-order valence-electron chi connectivity index (χ3n) is 5.61. The smallest absolute Gasteiger partial charge is 0.336 e. The van der Waals surface area contributed by atoms with E-state index in [9.17, 15) is 14.4 Å². The molecule has 8 heteroatoms. The van der Waals surface area contributed by atoms with Crippen LogP contribution in [0.15, 0.2) is 53.6 Å². The number of hydrogen-bond acceptors (Lipinski definition) is 6. The van der Waals surface area contributed by atoms with Gasteiger partial charge < -0.3 is 14.4 Å². The zero-order valence-electron chi connectivity index (χ0n) is 17.5. The summed E-state index contributed by atoms with van der Waals surface area (Å²) in [6, 6.07) is 8.40. The van der Waals surface area contributed by atoms with Crippen molar-refractivity contribution in [1.29, 1.82) is 0 Å². The summed E-state index contributed by atoms with van der Waals surface area (Å²) in [6.45, 7) is 1.96. The number of aryl methyl sites for hydroxylation is 1. The molecular formula is C24H19Cl2NO5. The number of nitrogens with zero attached hydrogens (tertiary/aromatic N) is 1. The molecule has 0 saturated heterocycles. The molecule has 0 aromatic heterocycles. The molecule has 2 aliphatic rings. The van der Waals surface area contributed by atoms with E-state index >= 15 is 0 Å². The van der Waals surface area contributed by atoms with E-state index in [2.05, 4.69) is 0 Å². The van der Waals surface area contributed by atoms with Gasteiger partial charge in [-0.15, -0.1) is 0 Å². The Labute approximate surface area is 195 Å². The van der Waals surface area contributed by atoms with Crippen molar-refractivity contribution < 1.29 is 23.9 Å². The van der Waals surface area contributed by atoms with Crippen LogP contribution >= 0.6 is 23.2 Å². The highest BCUT2D eigenvalue weighted by atomic mass is 35.5.